The first-order valence-electron chi connectivity index (χ1n) is 7.63. The minimum atomic E-state index is -4.79. The molecule has 1 heterocycles. The normalized spacial score (nSPS) is 11.3. The first kappa shape index (κ1) is 19.1. The summed E-state index contributed by atoms with van der Waals surface area (Å²) >= 11 is 0. The minimum absolute atomic E-state index is 0.0190. The van der Waals surface area contributed by atoms with Crippen molar-refractivity contribution in [3.05, 3.63) is 59.7 Å². The number of aromatic nitrogens is 2. The van der Waals surface area contributed by atoms with Gasteiger partial charge in [-0.3, -0.25) is 4.79 Å². The molecule has 3 aromatic rings. The number of hydrogen-bond acceptors (Lipinski definition) is 6. The third kappa shape index (κ3) is 4.55. The van der Waals surface area contributed by atoms with Gasteiger partial charge in [-0.15, -0.1) is 13.2 Å². The Bertz CT molecular complexity index is 987. The predicted molar refractivity (Wildman–Crippen MR) is 85.7 cm³/mol. The number of nitrogens with two attached hydrogens (primary N) is 1. The van der Waals surface area contributed by atoms with E-state index in [-0.39, 0.29) is 29.6 Å². The minimum Gasteiger partial charge on any atom is -0.481 e. The molecule has 146 valence electrons. The van der Waals surface area contributed by atoms with Gasteiger partial charge in [0.25, 0.3) is 11.8 Å². The Morgan fingerprint density at radius 3 is 2.50 bits per heavy atom. The Kier molecular flexibility index (Phi) is 5.16. The molecule has 0 atom stereocenters. The Morgan fingerprint density at radius 1 is 1.14 bits per heavy atom. The van der Waals surface area contributed by atoms with Crippen molar-refractivity contribution < 1.29 is 36.4 Å². The van der Waals surface area contributed by atoms with Gasteiger partial charge in [-0.25, -0.2) is 4.39 Å². The van der Waals surface area contributed by atoms with Crippen molar-refractivity contribution in [1.82, 2.24) is 10.1 Å². The van der Waals surface area contributed by atoms with Gasteiger partial charge in [0.15, 0.2) is 18.2 Å². The fraction of sp³-hybridized carbons (Fsp3) is 0.118. The average Bonchev–Trinajstić information content (AvgIpc) is 3.09. The molecule has 0 saturated carbocycles. The topological polar surface area (TPSA) is 100 Å². The van der Waals surface area contributed by atoms with Gasteiger partial charge >= 0.3 is 6.36 Å². The number of hydrogen-bond donors (Lipinski definition) is 1. The molecule has 0 spiro atoms. The largest absolute Gasteiger partial charge is 0.573 e. The SMILES string of the molecule is NC(=O)c1cccc(OCc2nc(-c3ccc(OC(F)(F)F)cc3)no2)c1F. The third-order valence-corrected chi connectivity index (χ3v) is 3.39. The first-order chi connectivity index (χ1) is 13.2. The molecular weight excluding hydrogens is 386 g/mol. The highest BCUT2D eigenvalue weighted by atomic mass is 19.4. The molecule has 2 N–H and O–H groups in total. The highest BCUT2D eigenvalue weighted by molar-refractivity contribution is 5.93. The number of benzene rings is 2. The highest BCUT2D eigenvalue weighted by Crippen LogP contribution is 2.26. The predicted octanol–water partition coefficient (Wildman–Crippen LogP) is 3.45. The Morgan fingerprint density at radius 2 is 1.86 bits per heavy atom. The zero-order valence-electron chi connectivity index (χ0n) is 13.9. The van der Waals surface area contributed by atoms with E-state index in [0.29, 0.717) is 5.56 Å². The number of halogens is 4. The van der Waals surface area contributed by atoms with Crippen molar-refractivity contribution in [3.63, 3.8) is 0 Å². The number of primary amides is 1. The number of carbonyl (C=O) groups is 1. The summed E-state index contributed by atoms with van der Waals surface area (Å²) in [6, 6.07) is 8.71. The lowest BCUT2D eigenvalue weighted by molar-refractivity contribution is -0.274. The van der Waals surface area contributed by atoms with Crippen LogP contribution in [0.5, 0.6) is 11.5 Å². The van der Waals surface area contributed by atoms with Crippen molar-refractivity contribution >= 4 is 5.91 Å². The summed E-state index contributed by atoms with van der Waals surface area (Å²) in [5.74, 6) is -2.42. The van der Waals surface area contributed by atoms with Crippen LogP contribution in [-0.2, 0) is 6.61 Å². The number of amides is 1. The van der Waals surface area contributed by atoms with Crippen LogP contribution in [-0.4, -0.2) is 22.4 Å². The lowest BCUT2D eigenvalue weighted by atomic mass is 10.2. The second-order valence-corrected chi connectivity index (χ2v) is 5.35. The van der Waals surface area contributed by atoms with Crippen LogP contribution in [0.15, 0.2) is 47.0 Å². The van der Waals surface area contributed by atoms with Gasteiger partial charge in [0.05, 0.1) is 5.56 Å². The molecule has 3 rings (SSSR count). The maximum atomic E-state index is 14.1. The summed E-state index contributed by atoms with van der Waals surface area (Å²) in [5, 5.41) is 3.67. The molecule has 2 aromatic carbocycles. The van der Waals surface area contributed by atoms with E-state index in [4.69, 9.17) is 15.0 Å². The van der Waals surface area contributed by atoms with E-state index in [1.165, 1.54) is 30.3 Å². The molecule has 0 aliphatic rings. The molecule has 0 aliphatic heterocycles. The van der Waals surface area contributed by atoms with Crippen LogP contribution < -0.4 is 15.2 Å². The Hall–Kier alpha value is -3.63. The van der Waals surface area contributed by atoms with E-state index < -0.39 is 23.8 Å². The van der Waals surface area contributed by atoms with Crippen LogP contribution in [0.4, 0.5) is 17.6 Å². The van der Waals surface area contributed by atoms with E-state index in [9.17, 15) is 22.4 Å². The second kappa shape index (κ2) is 7.55. The van der Waals surface area contributed by atoms with Crippen LogP contribution in [0.25, 0.3) is 11.4 Å². The first-order valence-corrected chi connectivity index (χ1v) is 7.63. The second-order valence-electron chi connectivity index (χ2n) is 5.35. The van der Waals surface area contributed by atoms with Gasteiger partial charge < -0.3 is 19.7 Å². The number of ether oxygens (including phenoxy) is 2. The molecule has 1 aromatic heterocycles. The molecule has 0 fully saturated rings. The lowest BCUT2D eigenvalue weighted by Gasteiger charge is -2.08. The Balaban J connectivity index is 1.68. The number of nitrogens with zero attached hydrogens (tertiary/aromatic N) is 2. The van der Waals surface area contributed by atoms with E-state index in [2.05, 4.69) is 14.9 Å². The molecule has 11 heteroatoms. The lowest BCUT2D eigenvalue weighted by Crippen LogP contribution is -2.16. The summed E-state index contributed by atoms with van der Waals surface area (Å²) in [6.07, 6.45) is -4.79. The van der Waals surface area contributed by atoms with E-state index in [1.807, 2.05) is 0 Å². The van der Waals surface area contributed by atoms with Crippen molar-refractivity contribution in [2.75, 3.05) is 0 Å². The van der Waals surface area contributed by atoms with Crippen molar-refractivity contribution in [3.8, 4) is 22.9 Å². The number of rotatable bonds is 6. The quantitative estimate of drug-likeness (QED) is 0.640. The fourth-order valence-corrected chi connectivity index (χ4v) is 2.19. The summed E-state index contributed by atoms with van der Waals surface area (Å²) in [5.41, 5.74) is 5.09. The standard InChI is InChI=1S/C17H11F4N3O4/c18-14-11(15(22)25)2-1-3-12(14)26-8-13-23-16(24-28-13)9-4-6-10(7-5-9)27-17(19,20)21/h1-7H,8H2,(H2,22,25). The van der Waals surface area contributed by atoms with Crippen LogP contribution in [0.1, 0.15) is 16.2 Å². The van der Waals surface area contributed by atoms with Gasteiger partial charge in [0.2, 0.25) is 5.82 Å². The van der Waals surface area contributed by atoms with Crippen molar-refractivity contribution in [2.45, 2.75) is 13.0 Å². The van der Waals surface area contributed by atoms with Crippen molar-refractivity contribution in [1.29, 1.82) is 0 Å². The van der Waals surface area contributed by atoms with E-state index in [0.717, 1.165) is 12.1 Å². The zero-order chi connectivity index (χ0) is 20.3. The van der Waals surface area contributed by atoms with Crippen molar-refractivity contribution in [2.24, 2.45) is 5.73 Å². The molecule has 7 nitrogen and oxygen atoms in total. The molecule has 0 radical (unpaired) electrons. The van der Waals surface area contributed by atoms with Crippen LogP contribution in [0, 0.1) is 5.82 Å². The average molecular weight is 397 g/mol. The van der Waals surface area contributed by atoms with E-state index >= 15 is 0 Å². The molecule has 0 aliphatic carbocycles. The van der Waals surface area contributed by atoms with Crippen LogP contribution >= 0.6 is 0 Å². The smallest absolute Gasteiger partial charge is 0.481 e. The number of alkyl halides is 3. The Labute approximate surface area is 154 Å². The zero-order valence-corrected chi connectivity index (χ0v) is 13.9. The fourth-order valence-electron chi connectivity index (χ4n) is 2.19. The number of carbonyl (C=O) groups excluding carboxylic acids is 1. The van der Waals surface area contributed by atoms with Crippen LogP contribution in [0.3, 0.4) is 0 Å². The van der Waals surface area contributed by atoms with E-state index in [1.54, 1.807) is 0 Å². The molecule has 0 bridgehead atoms. The maximum Gasteiger partial charge on any atom is 0.573 e. The summed E-state index contributed by atoms with van der Waals surface area (Å²) in [7, 11) is 0. The molecule has 28 heavy (non-hydrogen) atoms. The molecular formula is C17H11F4N3O4. The maximum absolute atomic E-state index is 14.1. The monoisotopic (exact) mass is 397 g/mol. The van der Waals surface area contributed by atoms with Gasteiger partial charge in [-0.1, -0.05) is 11.2 Å². The van der Waals surface area contributed by atoms with Gasteiger partial charge in [0.1, 0.15) is 5.75 Å². The molecule has 0 unspecified atom stereocenters. The van der Waals surface area contributed by atoms with Gasteiger partial charge in [-0.2, -0.15) is 4.98 Å². The third-order valence-electron chi connectivity index (χ3n) is 3.39. The molecule has 0 saturated heterocycles. The van der Waals surface area contributed by atoms with Crippen LogP contribution in [0.2, 0.25) is 0 Å². The summed E-state index contributed by atoms with van der Waals surface area (Å²) in [4.78, 5) is 15.1. The highest BCUT2D eigenvalue weighted by Gasteiger charge is 2.31. The summed E-state index contributed by atoms with van der Waals surface area (Å²) in [6.45, 7) is -0.304. The molecule has 1 amide bonds. The van der Waals surface area contributed by atoms with Gasteiger partial charge in [0, 0.05) is 5.56 Å². The van der Waals surface area contributed by atoms with Gasteiger partial charge in [-0.05, 0) is 36.4 Å². The summed E-state index contributed by atoms with van der Waals surface area (Å²) < 4.78 is 64.5.